The van der Waals surface area contributed by atoms with Gasteiger partial charge in [-0.1, -0.05) is 0 Å². The van der Waals surface area contributed by atoms with Gasteiger partial charge in [-0.05, 0) is 24.3 Å². The van der Waals surface area contributed by atoms with E-state index in [0.29, 0.717) is 23.4 Å². The Morgan fingerprint density at radius 1 is 1.04 bits per heavy atom. The number of carbonyl (C=O) groups excluding carboxylic acids is 2. The highest BCUT2D eigenvalue weighted by atomic mass is 19.2. The zero-order valence-electron chi connectivity index (χ0n) is 13.8. The first-order valence-corrected chi connectivity index (χ1v) is 7.49. The lowest BCUT2D eigenvalue weighted by Crippen LogP contribution is -2.18. The summed E-state index contributed by atoms with van der Waals surface area (Å²) in [6, 6.07) is 5.91. The minimum atomic E-state index is -1.25. The van der Waals surface area contributed by atoms with Crippen molar-refractivity contribution < 1.29 is 23.1 Å². The van der Waals surface area contributed by atoms with Gasteiger partial charge in [0.1, 0.15) is 0 Å². The highest BCUT2D eigenvalue weighted by Crippen LogP contribution is 2.22. The number of benzene rings is 1. The summed E-state index contributed by atoms with van der Waals surface area (Å²) in [7, 11) is 1.08. The molecule has 3 aromatic rings. The number of esters is 1. The first-order valence-electron chi connectivity index (χ1n) is 7.49. The molecular weight excluding hydrogens is 360 g/mol. The number of carbonyl (C=O) groups is 2. The van der Waals surface area contributed by atoms with Crippen LogP contribution in [-0.4, -0.2) is 39.4 Å². The molecular formula is C17H11F2N5O3. The second-order valence-corrected chi connectivity index (χ2v) is 5.19. The Morgan fingerprint density at radius 2 is 1.81 bits per heavy atom. The van der Waals surface area contributed by atoms with Crippen LogP contribution in [-0.2, 0) is 4.74 Å². The molecule has 8 nitrogen and oxygen atoms in total. The van der Waals surface area contributed by atoms with Crippen LogP contribution in [0.15, 0.2) is 42.7 Å². The monoisotopic (exact) mass is 371 g/mol. The molecule has 0 atom stereocenters. The van der Waals surface area contributed by atoms with Crippen molar-refractivity contribution in [1.29, 1.82) is 0 Å². The van der Waals surface area contributed by atoms with Crippen LogP contribution in [0, 0.1) is 11.6 Å². The Kier molecular flexibility index (Phi) is 5.06. The first-order chi connectivity index (χ1) is 13.0. The van der Waals surface area contributed by atoms with E-state index < -0.39 is 23.5 Å². The normalized spacial score (nSPS) is 10.3. The SMILES string of the molecule is COC(=O)c1cc(F)c(F)cc1NC(=O)c1ccc(-c2ccnnc2)nn1. The summed E-state index contributed by atoms with van der Waals surface area (Å²) < 4.78 is 31.4. The van der Waals surface area contributed by atoms with Gasteiger partial charge in [0.05, 0.1) is 36.4 Å². The number of hydrogen-bond acceptors (Lipinski definition) is 7. The lowest BCUT2D eigenvalue weighted by atomic mass is 10.1. The van der Waals surface area contributed by atoms with Gasteiger partial charge in [-0.3, -0.25) is 4.79 Å². The van der Waals surface area contributed by atoms with Crippen molar-refractivity contribution in [2.24, 2.45) is 0 Å². The molecule has 3 rings (SSSR count). The molecule has 0 bridgehead atoms. The van der Waals surface area contributed by atoms with Crippen molar-refractivity contribution >= 4 is 17.6 Å². The summed E-state index contributed by atoms with van der Waals surface area (Å²) in [4.78, 5) is 24.0. The third-order valence-electron chi connectivity index (χ3n) is 3.49. The van der Waals surface area contributed by atoms with Gasteiger partial charge in [-0.15, -0.1) is 10.2 Å². The number of anilines is 1. The van der Waals surface area contributed by atoms with E-state index in [-0.39, 0.29) is 16.9 Å². The number of nitrogens with zero attached hydrogens (tertiary/aromatic N) is 4. The predicted octanol–water partition coefficient (Wildman–Crippen LogP) is 2.25. The summed E-state index contributed by atoms with van der Waals surface area (Å²) in [6.45, 7) is 0. The van der Waals surface area contributed by atoms with Gasteiger partial charge in [-0.25, -0.2) is 13.6 Å². The Morgan fingerprint density at radius 3 is 2.44 bits per heavy atom. The Labute approximate surface area is 151 Å². The summed E-state index contributed by atoms with van der Waals surface area (Å²) in [5.74, 6) is -4.18. The zero-order chi connectivity index (χ0) is 19.4. The Hall–Kier alpha value is -3.82. The van der Waals surface area contributed by atoms with E-state index in [4.69, 9.17) is 0 Å². The highest BCUT2D eigenvalue weighted by molar-refractivity contribution is 6.07. The zero-order valence-corrected chi connectivity index (χ0v) is 13.8. The molecule has 0 aliphatic heterocycles. The number of aromatic nitrogens is 4. The van der Waals surface area contributed by atoms with Crippen molar-refractivity contribution in [2.75, 3.05) is 12.4 Å². The average molecular weight is 371 g/mol. The van der Waals surface area contributed by atoms with Crippen molar-refractivity contribution in [1.82, 2.24) is 20.4 Å². The largest absolute Gasteiger partial charge is 0.465 e. The minimum Gasteiger partial charge on any atom is -0.465 e. The topological polar surface area (TPSA) is 107 Å². The molecule has 0 saturated heterocycles. The maximum absolute atomic E-state index is 13.5. The van der Waals surface area contributed by atoms with E-state index in [2.05, 4.69) is 30.4 Å². The molecule has 0 fully saturated rings. The van der Waals surface area contributed by atoms with Crippen molar-refractivity contribution in [2.45, 2.75) is 0 Å². The van der Waals surface area contributed by atoms with Gasteiger partial charge in [0, 0.05) is 11.6 Å². The molecule has 0 aliphatic carbocycles. The van der Waals surface area contributed by atoms with Crippen LogP contribution < -0.4 is 5.32 Å². The summed E-state index contributed by atoms with van der Waals surface area (Å²) in [6.07, 6.45) is 2.96. The van der Waals surface area contributed by atoms with E-state index >= 15 is 0 Å². The molecule has 27 heavy (non-hydrogen) atoms. The number of rotatable bonds is 4. The number of methoxy groups -OCH3 is 1. The van der Waals surface area contributed by atoms with Gasteiger partial charge in [0.2, 0.25) is 0 Å². The van der Waals surface area contributed by atoms with Gasteiger partial charge >= 0.3 is 5.97 Å². The van der Waals surface area contributed by atoms with Crippen molar-refractivity contribution in [3.05, 3.63) is 65.6 Å². The van der Waals surface area contributed by atoms with E-state index in [1.807, 2.05) is 0 Å². The Bertz CT molecular complexity index is 997. The van der Waals surface area contributed by atoms with Crippen LogP contribution >= 0.6 is 0 Å². The molecule has 0 unspecified atom stereocenters. The molecule has 10 heteroatoms. The summed E-state index contributed by atoms with van der Waals surface area (Å²) >= 11 is 0. The van der Waals surface area contributed by atoms with Crippen molar-refractivity contribution in [3.63, 3.8) is 0 Å². The summed E-state index contributed by atoms with van der Waals surface area (Å²) in [5, 5.41) is 17.4. The molecule has 0 radical (unpaired) electrons. The molecule has 0 saturated carbocycles. The fourth-order valence-corrected chi connectivity index (χ4v) is 2.16. The van der Waals surface area contributed by atoms with Crippen LogP contribution in [0.1, 0.15) is 20.8 Å². The molecule has 0 aliphatic rings. The lowest BCUT2D eigenvalue weighted by Gasteiger charge is -2.10. The summed E-state index contributed by atoms with van der Waals surface area (Å²) in [5.41, 5.74) is 0.427. The smallest absolute Gasteiger partial charge is 0.340 e. The number of amides is 1. The third-order valence-corrected chi connectivity index (χ3v) is 3.49. The van der Waals surface area contributed by atoms with Crippen LogP contribution in [0.5, 0.6) is 0 Å². The van der Waals surface area contributed by atoms with Crippen LogP contribution in [0.3, 0.4) is 0 Å². The molecule has 136 valence electrons. The molecule has 1 N–H and O–H groups in total. The first kappa shape index (κ1) is 18.0. The fourth-order valence-electron chi connectivity index (χ4n) is 2.16. The standard InChI is InChI=1S/C17H11F2N5O3/c1-27-17(26)10-6-11(18)12(19)7-15(10)22-16(25)14-3-2-13(23-24-14)9-4-5-20-21-8-9/h2-8H,1H3,(H,22,25). The second kappa shape index (κ2) is 7.60. The van der Waals surface area contributed by atoms with E-state index in [1.54, 1.807) is 6.07 Å². The van der Waals surface area contributed by atoms with Crippen LogP contribution in [0.4, 0.5) is 14.5 Å². The molecule has 2 heterocycles. The van der Waals surface area contributed by atoms with Gasteiger partial charge in [0.25, 0.3) is 5.91 Å². The van der Waals surface area contributed by atoms with Crippen LogP contribution in [0.25, 0.3) is 11.3 Å². The number of ether oxygens (including phenoxy) is 1. The van der Waals surface area contributed by atoms with Crippen LogP contribution in [0.2, 0.25) is 0 Å². The molecule has 1 aromatic carbocycles. The molecule has 2 aromatic heterocycles. The van der Waals surface area contributed by atoms with E-state index in [0.717, 1.165) is 7.11 Å². The third kappa shape index (κ3) is 3.89. The van der Waals surface area contributed by atoms with Crippen molar-refractivity contribution in [3.8, 4) is 11.3 Å². The average Bonchev–Trinajstić information content (AvgIpc) is 2.70. The van der Waals surface area contributed by atoms with Gasteiger partial charge in [0.15, 0.2) is 17.3 Å². The van der Waals surface area contributed by atoms with Gasteiger partial charge < -0.3 is 10.1 Å². The maximum atomic E-state index is 13.5. The fraction of sp³-hybridized carbons (Fsp3) is 0.0588. The minimum absolute atomic E-state index is 0.0960. The second-order valence-electron chi connectivity index (χ2n) is 5.19. The predicted molar refractivity (Wildman–Crippen MR) is 88.7 cm³/mol. The Balaban J connectivity index is 1.85. The number of nitrogens with one attached hydrogen (secondary N) is 1. The van der Waals surface area contributed by atoms with E-state index in [1.165, 1.54) is 24.5 Å². The maximum Gasteiger partial charge on any atom is 0.340 e. The van der Waals surface area contributed by atoms with Gasteiger partial charge in [-0.2, -0.15) is 10.2 Å². The quantitative estimate of drug-likeness (QED) is 0.701. The highest BCUT2D eigenvalue weighted by Gasteiger charge is 2.19. The number of halogens is 2. The molecule has 0 spiro atoms. The lowest BCUT2D eigenvalue weighted by molar-refractivity contribution is 0.0601. The molecule has 1 amide bonds. The van der Waals surface area contributed by atoms with E-state index in [9.17, 15) is 18.4 Å². The number of hydrogen-bond donors (Lipinski definition) is 1.